The monoisotopic (exact) mass is 600 g/mol. The highest BCUT2D eigenvalue weighted by Gasteiger charge is 2.36. The topological polar surface area (TPSA) is 95.0 Å². The number of benzene rings is 2. The van der Waals surface area contributed by atoms with Gasteiger partial charge < -0.3 is 24.3 Å². The van der Waals surface area contributed by atoms with E-state index >= 15 is 4.39 Å². The molecule has 0 spiro atoms. The number of likely N-dealkylation sites (tertiary alicyclic amines) is 1. The molecule has 0 aliphatic carbocycles. The molecule has 2 aromatic carbocycles. The summed E-state index contributed by atoms with van der Waals surface area (Å²) < 4.78 is 51.7. The van der Waals surface area contributed by atoms with Crippen LogP contribution in [0.2, 0.25) is 5.02 Å². The maximum absolute atomic E-state index is 15.1. The van der Waals surface area contributed by atoms with Crippen molar-refractivity contribution in [3.63, 3.8) is 0 Å². The summed E-state index contributed by atoms with van der Waals surface area (Å²) in [6.07, 6.45) is 2.42. The number of ether oxygens (including phenoxy) is 4. The lowest BCUT2D eigenvalue weighted by molar-refractivity contribution is -0.120. The maximum atomic E-state index is 15.1. The number of fused-ring (bicyclic) bond motifs is 2. The van der Waals surface area contributed by atoms with E-state index in [0.717, 1.165) is 0 Å². The predicted octanol–water partition coefficient (Wildman–Crippen LogP) is 4.65. The van der Waals surface area contributed by atoms with E-state index in [-0.39, 0.29) is 35.6 Å². The molecule has 1 aromatic heterocycles. The molecule has 0 saturated carbocycles. The average molecular weight is 601 g/mol. The quantitative estimate of drug-likeness (QED) is 0.334. The van der Waals surface area contributed by atoms with Crippen LogP contribution in [-0.2, 0) is 25.4 Å². The van der Waals surface area contributed by atoms with Gasteiger partial charge in [-0.1, -0.05) is 18.5 Å². The van der Waals surface area contributed by atoms with Gasteiger partial charge in [0.2, 0.25) is 0 Å². The second-order valence-corrected chi connectivity index (χ2v) is 11.6. The van der Waals surface area contributed by atoms with Crippen LogP contribution in [0.15, 0.2) is 48.6 Å². The van der Waals surface area contributed by atoms with Gasteiger partial charge in [0.05, 0.1) is 55.8 Å². The molecule has 3 aliphatic heterocycles. The molecule has 12 heteroatoms. The highest BCUT2D eigenvalue weighted by atomic mass is 35.5. The zero-order valence-corrected chi connectivity index (χ0v) is 23.8. The van der Waals surface area contributed by atoms with Gasteiger partial charge in [0.15, 0.2) is 11.6 Å². The van der Waals surface area contributed by atoms with Crippen molar-refractivity contribution < 1.29 is 32.5 Å². The van der Waals surface area contributed by atoms with Crippen LogP contribution in [0.5, 0.6) is 5.75 Å². The summed E-state index contributed by atoms with van der Waals surface area (Å²) in [4.78, 5) is 23.8. The first kappa shape index (κ1) is 28.9. The lowest BCUT2D eigenvalue weighted by Gasteiger charge is -2.37. The Morgan fingerprint density at radius 3 is 2.64 bits per heavy atom. The van der Waals surface area contributed by atoms with Gasteiger partial charge in [-0.15, -0.1) is 0 Å². The Bertz CT molecular complexity index is 1500. The molecule has 0 bridgehead atoms. The van der Waals surface area contributed by atoms with E-state index in [1.54, 1.807) is 12.1 Å². The fourth-order valence-electron chi connectivity index (χ4n) is 5.26. The lowest BCUT2D eigenvalue weighted by atomic mass is 9.90. The zero-order chi connectivity index (χ0) is 29.3. The smallest absolute Gasteiger partial charge is 0.195 e. The number of nitrogens with one attached hydrogen (secondary N) is 1. The van der Waals surface area contributed by atoms with Crippen LogP contribution < -0.4 is 10.1 Å². The number of ketones is 1. The molecule has 3 aliphatic rings. The van der Waals surface area contributed by atoms with Crippen molar-refractivity contribution in [2.45, 2.75) is 25.6 Å². The van der Waals surface area contributed by atoms with E-state index in [0.29, 0.717) is 79.8 Å². The standard InChI is InChI=1S/C30H31ClF2N4O5/c1-30(14-39-15-30)16-42-26-11-24-20(29(35-17-34-24)36-19-2-3-22(32)21(31)10-19)8-18(26)9-25(38)23(33)4-5-37-12-27-28(13-37)41-7-6-40-27/h2-4,8,10-11,17,27-28H,5-7,9,12-16H2,1H3,(H,34,35,36)/b23-4+/t27-,28+. The molecule has 3 saturated heterocycles. The van der Waals surface area contributed by atoms with E-state index in [4.69, 9.17) is 30.5 Å². The molecule has 6 rings (SSSR count). The van der Waals surface area contributed by atoms with E-state index in [9.17, 15) is 9.18 Å². The fourth-order valence-corrected chi connectivity index (χ4v) is 5.45. The minimum Gasteiger partial charge on any atom is -0.492 e. The fraction of sp³-hybridized carbons (Fsp3) is 0.433. The van der Waals surface area contributed by atoms with Gasteiger partial charge in [-0.25, -0.2) is 18.7 Å². The van der Waals surface area contributed by atoms with Crippen molar-refractivity contribution in [2.24, 2.45) is 5.41 Å². The summed E-state index contributed by atoms with van der Waals surface area (Å²) in [6.45, 7) is 6.19. The molecule has 2 atom stereocenters. The molecule has 0 radical (unpaired) electrons. The predicted molar refractivity (Wildman–Crippen MR) is 152 cm³/mol. The van der Waals surface area contributed by atoms with Gasteiger partial charge in [-0.05, 0) is 30.3 Å². The number of carbonyl (C=O) groups is 1. The van der Waals surface area contributed by atoms with Crippen LogP contribution in [0.25, 0.3) is 10.9 Å². The molecule has 0 unspecified atom stereocenters. The maximum Gasteiger partial charge on any atom is 0.195 e. The number of aromatic nitrogens is 2. The Kier molecular flexibility index (Phi) is 8.37. The first-order chi connectivity index (χ1) is 20.3. The van der Waals surface area contributed by atoms with Crippen LogP contribution in [0.3, 0.4) is 0 Å². The molecule has 0 amide bonds. The van der Waals surface area contributed by atoms with Crippen molar-refractivity contribution >= 4 is 39.8 Å². The minimum atomic E-state index is -0.819. The van der Waals surface area contributed by atoms with E-state index in [2.05, 4.69) is 15.3 Å². The Morgan fingerprint density at radius 2 is 1.95 bits per heavy atom. The second-order valence-electron chi connectivity index (χ2n) is 11.2. The van der Waals surface area contributed by atoms with Crippen LogP contribution >= 0.6 is 11.6 Å². The number of anilines is 2. The highest BCUT2D eigenvalue weighted by molar-refractivity contribution is 6.31. The molecular weight excluding hydrogens is 570 g/mol. The average Bonchev–Trinajstić information content (AvgIpc) is 3.39. The zero-order valence-electron chi connectivity index (χ0n) is 23.1. The van der Waals surface area contributed by atoms with Gasteiger partial charge in [-0.2, -0.15) is 0 Å². The molecular formula is C30H31ClF2N4O5. The van der Waals surface area contributed by atoms with E-state index in [1.807, 2.05) is 11.8 Å². The molecule has 4 heterocycles. The van der Waals surface area contributed by atoms with Gasteiger partial charge >= 0.3 is 0 Å². The van der Waals surface area contributed by atoms with Crippen molar-refractivity contribution in [3.05, 3.63) is 65.0 Å². The van der Waals surface area contributed by atoms with Crippen molar-refractivity contribution in [1.29, 1.82) is 0 Å². The summed E-state index contributed by atoms with van der Waals surface area (Å²) in [5, 5.41) is 3.67. The Labute approximate surface area is 246 Å². The normalized spacial score (nSPS) is 22.0. The summed E-state index contributed by atoms with van der Waals surface area (Å²) in [5.74, 6) is -1.18. The number of nitrogens with zero attached hydrogens (tertiary/aromatic N) is 3. The number of allylic oxidation sites excluding steroid dienone is 1. The van der Waals surface area contributed by atoms with Gasteiger partial charge in [0.25, 0.3) is 0 Å². The van der Waals surface area contributed by atoms with Crippen molar-refractivity contribution in [1.82, 2.24) is 14.9 Å². The SMILES string of the molecule is CC1(COc2cc3ncnc(Nc4ccc(F)c(Cl)c4)c3cc2CC(=O)/C(F)=C\CN2C[C@@H]3OCCO[C@@H]3C2)COC1. The summed E-state index contributed by atoms with van der Waals surface area (Å²) >= 11 is 5.95. The largest absolute Gasteiger partial charge is 0.492 e. The molecule has 3 fully saturated rings. The summed E-state index contributed by atoms with van der Waals surface area (Å²) in [5.41, 5.74) is 1.41. The first-order valence-corrected chi connectivity index (χ1v) is 14.2. The number of hydrogen-bond acceptors (Lipinski definition) is 9. The van der Waals surface area contributed by atoms with E-state index in [1.165, 1.54) is 30.6 Å². The van der Waals surface area contributed by atoms with Crippen LogP contribution in [0, 0.1) is 11.2 Å². The molecule has 222 valence electrons. The molecule has 3 aromatic rings. The van der Waals surface area contributed by atoms with E-state index < -0.39 is 17.4 Å². The third-order valence-corrected chi connectivity index (χ3v) is 7.95. The molecule has 9 nitrogen and oxygen atoms in total. The Hall–Kier alpha value is -3.22. The summed E-state index contributed by atoms with van der Waals surface area (Å²) in [6, 6.07) is 7.68. The van der Waals surface area contributed by atoms with Gasteiger partial charge in [0.1, 0.15) is 23.7 Å². The number of Topliss-reactive ketones (excluding diaryl/α,β-unsaturated/α-hetero) is 1. The van der Waals surface area contributed by atoms with Crippen molar-refractivity contribution in [3.8, 4) is 5.75 Å². The Balaban J connectivity index is 1.24. The minimum absolute atomic E-state index is 0.0258. The third-order valence-electron chi connectivity index (χ3n) is 7.66. The molecule has 42 heavy (non-hydrogen) atoms. The van der Waals surface area contributed by atoms with Crippen LogP contribution in [0.4, 0.5) is 20.3 Å². The first-order valence-electron chi connectivity index (χ1n) is 13.8. The Morgan fingerprint density at radius 1 is 1.19 bits per heavy atom. The van der Waals surface area contributed by atoms with Crippen LogP contribution in [-0.4, -0.2) is 85.5 Å². The highest BCUT2D eigenvalue weighted by Crippen LogP contribution is 2.34. The summed E-state index contributed by atoms with van der Waals surface area (Å²) in [7, 11) is 0. The number of hydrogen-bond donors (Lipinski definition) is 1. The second kappa shape index (κ2) is 12.2. The lowest BCUT2D eigenvalue weighted by Crippen LogP contribution is -2.44. The number of rotatable bonds is 10. The number of halogens is 3. The number of carbonyl (C=O) groups excluding carboxylic acids is 1. The van der Waals surface area contributed by atoms with Gasteiger partial charge in [0, 0.05) is 54.2 Å². The van der Waals surface area contributed by atoms with Crippen molar-refractivity contribution in [2.75, 3.05) is 58.0 Å². The van der Waals surface area contributed by atoms with Gasteiger partial charge in [-0.3, -0.25) is 9.69 Å². The third kappa shape index (κ3) is 6.40. The van der Waals surface area contributed by atoms with Crippen LogP contribution in [0.1, 0.15) is 12.5 Å². The molecule has 1 N–H and O–H groups in total.